The number of benzene rings is 1. The first-order chi connectivity index (χ1) is 8.47. The lowest BCUT2D eigenvalue weighted by molar-refractivity contribution is 0.601. The minimum atomic E-state index is -3.58. The fraction of sp³-hybridized carbons (Fsp3) is 0. The molecule has 0 saturated carbocycles. The number of aromatic nitrogens is 1. The number of anilines is 1. The van der Waals surface area contributed by atoms with Gasteiger partial charge in [0.05, 0.1) is 4.90 Å². The molecule has 0 fully saturated rings. The first-order valence-electron chi connectivity index (χ1n) is 4.87. The van der Waals surface area contributed by atoms with Crippen molar-refractivity contribution in [1.82, 2.24) is 4.98 Å². The van der Waals surface area contributed by atoms with Gasteiger partial charge in [-0.1, -0.05) is 15.9 Å². The molecule has 1 heterocycles. The molecule has 0 aliphatic heterocycles. The normalized spacial score (nSPS) is 11.2. The van der Waals surface area contributed by atoms with E-state index in [9.17, 15) is 8.42 Å². The van der Waals surface area contributed by atoms with Gasteiger partial charge < -0.3 is 0 Å². The quantitative estimate of drug-likeness (QED) is 0.748. The summed E-state index contributed by atoms with van der Waals surface area (Å²) in [6, 6.07) is 9.81. The highest BCUT2D eigenvalue weighted by Gasteiger charge is 2.14. The molecule has 94 valence electrons. The summed E-state index contributed by atoms with van der Waals surface area (Å²) in [7, 11) is -3.58. The van der Waals surface area contributed by atoms with Gasteiger partial charge in [0.25, 0.3) is 10.0 Å². The summed E-state index contributed by atoms with van der Waals surface area (Å²) >= 11 is 5.36. The Bertz CT molecular complexity index is 642. The van der Waals surface area contributed by atoms with Crippen molar-refractivity contribution in [2.75, 3.05) is 4.72 Å². The molecule has 0 atom stereocenters. The summed E-state index contributed by atoms with van der Waals surface area (Å²) in [5.41, 5.74) is 0. The van der Waals surface area contributed by atoms with Crippen molar-refractivity contribution in [1.29, 1.82) is 0 Å². The van der Waals surface area contributed by atoms with Crippen LogP contribution in [0.2, 0.25) is 0 Å². The van der Waals surface area contributed by atoms with E-state index in [0.29, 0.717) is 5.82 Å². The monoisotopic (exact) mass is 438 g/mol. The first kappa shape index (κ1) is 13.8. The van der Waals surface area contributed by atoms with Crippen molar-refractivity contribution in [3.63, 3.8) is 0 Å². The number of hydrogen-bond donors (Lipinski definition) is 1. The lowest BCUT2D eigenvalue weighted by atomic mass is 10.4. The number of pyridine rings is 1. The summed E-state index contributed by atoms with van der Waals surface area (Å²) < 4.78 is 28.3. The van der Waals surface area contributed by atoms with E-state index in [1.165, 1.54) is 12.1 Å². The highest BCUT2D eigenvalue weighted by Crippen LogP contribution is 2.17. The van der Waals surface area contributed by atoms with Crippen molar-refractivity contribution in [2.45, 2.75) is 4.90 Å². The largest absolute Gasteiger partial charge is 0.263 e. The van der Waals surface area contributed by atoms with E-state index < -0.39 is 10.0 Å². The molecule has 0 unspecified atom stereocenters. The van der Waals surface area contributed by atoms with Crippen LogP contribution in [-0.2, 0) is 10.0 Å². The number of rotatable bonds is 3. The predicted octanol–water partition coefficient (Wildman–Crippen LogP) is 3.25. The fourth-order valence-electron chi connectivity index (χ4n) is 1.25. The lowest BCUT2D eigenvalue weighted by Gasteiger charge is -2.07. The molecule has 7 heteroatoms. The number of sulfonamides is 1. The van der Waals surface area contributed by atoms with Crippen LogP contribution in [0, 0.1) is 3.57 Å². The van der Waals surface area contributed by atoms with E-state index in [1.54, 1.807) is 30.5 Å². The molecular weight excluding hydrogens is 431 g/mol. The van der Waals surface area contributed by atoms with Gasteiger partial charge in [-0.25, -0.2) is 13.4 Å². The van der Waals surface area contributed by atoms with Crippen LogP contribution < -0.4 is 4.72 Å². The highest BCUT2D eigenvalue weighted by molar-refractivity contribution is 14.1. The summed E-state index contributed by atoms with van der Waals surface area (Å²) in [4.78, 5) is 4.20. The molecule has 2 rings (SSSR count). The molecule has 0 amide bonds. The Labute approximate surface area is 127 Å². The average molecular weight is 439 g/mol. The molecule has 1 aromatic carbocycles. The van der Waals surface area contributed by atoms with Gasteiger partial charge in [0.15, 0.2) is 0 Å². The van der Waals surface area contributed by atoms with E-state index >= 15 is 0 Å². The van der Waals surface area contributed by atoms with E-state index in [2.05, 4.69) is 48.2 Å². The van der Waals surface area contributed by atoms with Gasteiger partial charge in [0.2, 0.25) is 0 Å². The second-order valence-electron chi connectivity index (χ2n) is 3.42. The van der Waals surface area contributed by atoms with E-state index in [4.69, 9.17) is 0 Å². The van der Waals surface area contributed by atoms with Crippen LogP contribution in [-0.4, -0.2) is 13.4 Å². The Morgan fingerprint density at radius 2 is 1.78 bits per heavy atom. The SMILES string of the molecule is O=S(=O)(Nc1ccc(I)cn1)c1ccc(Br)cc1. The van der Waals surface area contributed by atoms with Crippen molar-refractivity contribution in [3.05, 3.63) is 50.6 Å². The van der Waals surface area contributed by atoms with Crippen LogP contribution in [0.4, 0.5) is 5.82 Å². The van der Waals surface area contributed by atoms with Gasteiger partial charge in [-0.05, 0) is 59.0 Å². The molecular formula is C11H8BrIN2O2S. The van der Waals surface area contributed by atoms with Crippen molar-refractivity contribution in [2.24, 2.45) is 0 Å². The van der Waals surface area contributed by atoms with E-state index in [-0.39, 0.29) is 4.90 Å². The number of halogens is 2. The van der Waals surface area contributed by atoms with Crippen LogP contribution in [0.1, 0.15) is 0 Å². The highest BCUT2D eigenvalue weighted by atomic mass is 127. The van der Waals surface area contributed by atoms with Crippen LogP contribution in [0.15, 0.2) is 52.0 Å². The summed E-state index contributed by atoms with van der Waals surface area (Å²) in [6.45, 7) is 0. The maximum absolute atomic E-state index is 12.0. The second kappa shape index (κ2) is 5.54. The third-order valence-electron chi connectivity index (χ3n) is 2.09. The zero-order chi connectivity index (χ0) is 13.2. The van der Waals surface area contributed by atoms with E-state index in [0.717, 1.165) is 8.04 Å². The maximum Gasteiger partial charge on any atom is 0.263 e. The fourth-order valence-corrected chi connectivity index (χ4v) is 2.84. The van der Waals surface area contributed by atoms with Crippen molar-refractivity contribution in [3.8, 4) is 0 Å². The van der Waals surface area contributed by atoms with Crippen molar-refractivity contribution < 1.29 is 8.42 Å². The van der Waals surface area contributed by atoms with E-state index in [1.807, 2.05) is 0 Å². The maximum atomic E-state index is 12.0. The predicted molar refractivity (Wildman–Crippen MR) is 81.9 cm³/mol. The lowest BCUT2D eigenvalue weighted by Crippen LogP contribution is -2.13. The molecule has 1 N–H and O–H groups in total. The van der Waals surface area contributed by atoms with Gasteiger partial charge >= 0.3 is 0 Å². The van der Waals surface area contributed by atoms with Crippen LogP contribution in [0.3, 0.4) is 0 Å². The van der Waals surface area contributed by atoms with Crippen molar-refractivity contribution >= 4 is 54.4 Å². The molecule has 1 aromatic heterocycles. The molecule has 4 nitrogen and oxygen atoms in total. The number of nitrogens with zero attached hydrogens (tertiary/aromatic N) is 1. The van der Waals surface area contributed by atoms with Gasteiger partial charge in [-0.2, -0.15) is 0 Å². The number of hydrogen-bond acceptors (Lipinski definition) is 3. The zero-order valence-corrected chi connectivity index (χ0v) is 13.5. The van der Waals surface area contributed by atoms with Crippen LogP contribution in [0.5, 0.6) is 0 Å². The average Bonchev–Trinajstić information content (AvgIpc) is 2.32. The van der Waals surface area contributed by atoms with Gasteiger partial charge in [0, 0.05) is 14.2 Å². The molecule has 0 aliphatic carbocycles. The third-order valence-corrected chi connectivity index (χ3v) is 4.63. The van der Waals surface area contributed by atoms with Gasteiger partial charge in [-0.3, -0.25) is 4.72 Å². The molecule has 0 aliphatic rings. The smallest absolute Gasteiger partial charge is 0.263 e. The Hall–Kier alpha value is -0.670. The molecule has 0 spiro atoms. The zero-order valence-electron chi connectivity index (χ0n) is 8.97. The van der Waals surface area contributed by atoms with Crippen LogP contribution >= 0.6 is 38.5 Å². The minimum absolute atomic E-state index is 0.200. The molecule has 18 heavy (non-hydrogen) atoms. The Morgan fingerprint density at radius 3 is 2.33 bits per heavy atom. The topological polar surface area (TPSA) is 59.1 Å². The Balaban J connectivity index is 2.27. The summed E-state index contributed by atoms with van der Waals surface area (Å²) in [5.74, 6) is 0.304. The van der Waals surface area contributed by atoms with Gasteiger partial charge in [0.1, 0.15) is 5.82 Å². The van der Waals surface area contributed by atoms with Crippen LogP contribution in [0.25, 0.3) is 0 Å². The molecule has 2 aromatic rings. The second-order valence-corrected chi connectivity index (χ2v) is 7.26. The standard InChI is InChI=1S/C11H8BrIN2O2S/c12-8-1-4-10(5-2-8)18(16,17)15-11-6-3-9(13)7-14-11/h1-7H,(H,14,15). The summed E-state index contributed by atoms with van der Waals surface area (Å²) in [6.07, 6.45) is 1.60. The first-order valence-corrected chi connectivity index (χ1v) is 8.23. The Morgan fingerprint density at radius 1 is 1.11 bits per heavy atom. The Kier molecular flexibility index (Phi) is 4.23. The molecule has 0 saturated heterocycles. The summed E-state index contributed by atoms with van der Waals surface area (Å²) in [5, 5.41) is 0. The minimum Gasteiger partial charge on any atom is -0.263 e. The molecule has 0 bridgehead atoms. The van der Waals surface area contributed by atoms with Gasteiger partial charge in [-0.15, -0.1) is 0 Å². The number of nitrogens with one attached hydrogen (secondary N) is 1. The molecule has 0 radical (unpaired) electrons. The third kappa shape index (κ3) is 3.42.